The molecule has 1 aliphatic carbocycles. The minimum atomic E-state index is -0.645. The van der Waals surface area contributed by atoms with Crippen LogP contribution in [0.25, 0.3) is 0 Å². The number of aliphatic hydroxyl groups is 1. The zero-order chi connectivity index (χ0) is 18.3. The molecule has 0 unspecified atom stereocenters. The molecule has 2 N–H and O–H groups in total. The van der Waals surface area contributed by atoms with Crippen LogP contribution in [0, 0.1) is 0 Å². The molecule has 0 aromatic heterocycles. The Morgan fingerprint density at radius 2 is 1.46 bits per heavy atom. The molecule has 1 rings (SSSR count). The van der Waals surface area contributed by atoms with Crippen LogP contribution in [-0.2, 0) is 14.2 Å². The molecular weight excluding hydrogens is 306 g/mol. The monoisotopic (exact) mass is 345 g/mol. The fraction of sp³-hybridized carbons (Fsp3) is 1.00. The van der Waals surface area contributed by atoms with Crippen LogP contribution in [-0.4, -0.2) is 60.9 Å². The van der Waals surface area contributed by atoms with Crippen molar-refractivity contribution in [3.63, 3.8) is 0 Å². The molecule has 1 fully saturated rings. The third kappa shape index (κ3) is 10.6. The van der Waals surface area contributed by atoms with E-state index in [1.807, 2.05) is 0 Å². The molecule has 5 nitrogen and oxygen atoms in total. The number of ether oxygens (including phenoxy) is 3. The van der Waals surface area contributed by atoms with Crippen molar-refractivity contribution in [3.8, 4) is 0 Å². The zero-order valence-corrected chi connectivity index (χ0v) is 16.6. The van der Waals surface area contributed by atoms with Gasteiger partial charge < -0.3 is 24.6 Å². The summed E-state index contributed by atoms with van der Waals surface area (Å²) in [5, 5.41) is 13.8. The van der Waals surface area contributed by atoms with E-state index in [-0.39, 0.29) is 11.1 Å². The number of hydrogen-bond acceptors (Lipinski definition) is 5. The molecule has 144 valence electrons. The molecule has 1 saturated carbocycles. The first-order valence-electron chi connectivity index (χ1n) is 9.29. The predicted molar refractivity (Wildman–Crippen MR) is 97.4 cm³/mol. The molecule has 0 amide bonds. The van der Waals surface area contributed by atoms with Gasteiger partial charge in [0, 0.05) is 38.0 Å². The van der Waals surface area contributed by atoms with Gasteiger partial charge in [-0.15, -0.1) is 0 Å². The van der Waals surface area contributed by atoms with Gasteiger partial charge in [0.25, 0.3) is 0 Å². The first-order chi connectivity index (χ1) is 11.0. The summed E-state index contributed by atoms with van der Waals surface area (Å²) in [5.41, 5.74) is -0.618. The van der Waals surface area contributed by atoms with Crippen LogP contribution < -0.4 is 5.32 Å². The van der Waals surface area contributed by atoms with Gasteiger partial charge in [0.2, 0.25) is 0 Å². The maximum absolute atomic E-state index is 10.3. The van der Waals surface area contributed by atoms with Crippen molar-refractivity contribution in [2.45, 2.75) is 90.0 Å². The summed E-state index contributed by atoms with van der Waals surface area (Å²) in [6.07, 6.45) is 3.32. The Kier molecular flexibility index (Phi) is 8.63. The Bertz CT molecular complexity index is 340. The van der Waals surface area contributed by atoms with Gasteiger partial charge in [-0.2, -0.15) is 0 Å². The summed E-state index contributed by atoms with van der Waals surface area (Å²) in [6.45, 7) is 15.8. The summed E-state index contributed by atoms with van der Waals surface area (Å²) in [5.74, 6) is 0. The van der Waals surface area contributed by atoms with Crippen molar-refractivity contribution in [2.75, 3.05) is 33.0 Å². The second-order valence-corrected chi connectivity index (χ2v) is 9.06. The molecule has 5 heteroatoms. The Morgan fingerprint density at radius 1 is 0.917 bits per heavy atom. The summed E-state index contributed by atoms with van der Waals surface area (Å²) in [7, 11) is 0. The normalized spacial score (nSPS) is 24.9. The summed E-state index contributed by atoms with van der Waals surface area (Å²) >= 11 is 0. The largest absolute Gasteiger partial charge is 0.387 e. The molecule has 0 spiro atoms. The van der Waals surface area contributed by atoms with Gasteiger partial charge in [-0.3, -0.25) is 0 Å². The molecule has 0 heterocycles. The quantitative estimate of drug-likeness (QED) is 0.564. The van der Waals surface area contributed by atoms with Crippen molar-refractivity contribution < 1.29 is 19.3 Å². The summed E-state index contributed by atoms with van der Waals surface area (Å²) in [6, 6.07) is 0.400. The second kappa shape index (κ2) is 9.48. The second-order valence-electron chi connectivity index (χ2n) is 9.06. The number of rotatable bonds is 11. The van der Waals surface area contributed by atoms with E-state index >= 15 is 0 Å². The highest BCUT2D eigenvalue weighted by molar-refractivity contribution is 5.00. The van der Waals surface area contributed by atoms with E-state index in [1.165, 1.54) is 0 Å². The highest BCUT2D eigenvalue weighted by Gasteiger charge is 2.43. The molecule has 0 atom stereocenters. The van der Waals surface area contributed by atoms with E-state index in [0.29, 0.717) is 25.9 Å². The standard InChI is InChI=1S/C19H39NO4/c1-17(2,3)20-16-13-19(21,14-16)15-23-11-7-9-22-10-8-12-24-18(4,5)6/h16,20-21H,7-15H2,1-6H3. The van der Waals surface area contributed by atoms with Crippen LogP contribution in [0.3, 0.4) is 0 Å². The summed E-state index contributed by atoms with van der Waals surface area (Å²) < 4.78 is 16.8. The minimum Gasteiger partial charge on any atom is -0.387 e. The van der Waals surface area contributed by atoms with Crippen LogP contribution in [0.5, 0.6) is 0 Å². The van der Waals surface area contributed by atoms with Gasteiger partial charge in [-0.1, -0.05) is 0 Å². The van der Waals surface area contributed by atoms with Crippen molar-refractivity contribution in [3.05, 3.63) is 0 Å². The Balaban J connectivity index is 1.89. The molecule has 0 saturated heterocycles. The SMILES string of the molecule is CC(C)(C)NC1CC(O)(COCCCOCCCOC(C)(C)C)C1. The van der Waals surface area contributed by atoms with E-state index in [4.69, 9.17) is 14.2 Å². The van der Waals surface area contributed by atoms with Crippen molar-refractivity contribution in [2.24, 2.45) is 0 Å². The van der Waals surface area contributed by atoms with E-state index in [2.05, 4.69) is 46.9 Å². The van der Waals surface area contributed by atoms with E-state index < -0.39 is 5.60 Å². The first kappa shape index (κ1) is 21.8. The third-order valence-electron chi connectivity index (χ3n) is 3.81. The highest BCUT2D eigenvalue weighted by Crippen LogP contribution is 2.33. The van der Waals surface area contributed by atoms with Gasteiger partial charge in [-0.25, -0.2) is 0 Å². The fourth-order valence-electron chi connectivity index (χ4n) is 2.86. The van der Waals surface area contributed by atoms with Gasteiger partial charge in [0.05, 0.1) is 17.8 Å². The van der Waals surface area contributed by atoms with Crippen molar-refractivity contribution in [1.29, 1.82) is 0 Å². The molecular formula is C19H39NO4. The van der Waals surface area contributed by atoms with Gasteiger partial charge >= 0.3 is 0 Å². The lowest BCUT2D eigenvalue weighted by molar-refractivity contribution is -0.115. The molecule has 0 bridgehead atoms. The fourth-order valence-corrected chi connectivity index (χ4v) is 2.86. The molecule has 1 aliphatic rings. The maximum Gasteiger partial charge on any atom is 0.0909 e. The molecule has 0 aromatic carbocycles. The van der Waals surface area contributed by atoms with E-state index in [0.717, 1.165) is 38.9 Å². The smallest absolute Gasteiger partial charge is 0.0909 e. The van der Waals surface area contributed by atoms with Crippen LogP contribution in [0.4, 0.5) is 0 Å². The van der Waals surface area contributed by atoms with Crippen LogP contribution in [0.2, 0.25) is 0 Å². The number of hydrogen-bond donors (Lipinski definition) is 2. The zero-order valence-electron chi connectivity index (χ0n) is 16.6. The highest BCUT2D eigenvalue weighted by atomic mass is 16.5. The first-order valence-corrected chi connectivity index (χ1v) is 9.29. The minimum absolute atomic E-state index is 0.0724. The van der Waals surface area contributed by atoms with E-state index in [9.17, 15) is 5.11 Å². The molecule has 0 aliphatic heterocycles. The van der Waals surface area contributed by atoms with Gasteiger partial charge in [0.15, 0.2) is 0 Å². The Hall–Kier alpha value is -0.200. The van der Waals surface area contributed by atoms with Crippen LogP contribution in [0.1, 0.15) is 67.2 Å². The maximum atomic E-state index is 10.3. The van der Waals surface area contributed by atoms with Crippen molar-refractivity contribution in [1.82, 2.24) is 5.32 Å². The Morgan fingerprint density at radius 3 is 2.00 bits per heavy atom. The van der Waals surface area contributed by atoms with Crippen LogP contribution in [0.15, 0.2) is 0 Å². The molecule has 24 heavy (non-hydrogen) atoms. The Labute approximate surface area is 148 Å². The average Bonchev–Trinajstić information content (AvgIpc) is 2.36. The summed E-state index contributed by atoms with van der Waals surface area (Å²) in [4.78, 5) is 0. The lowest BCUT2D eigenvalue weighted by Gasteiger charge is -2.46. The van der Waals surface area contributed by atoms with E-state index in [1.54, 1.807) is 0 Å². The van der Waals surface area contributed by atoms with Gasteiger partial charge in [-0.05, 0) is 67.2 Å². The average molecular weight is 346 g/mol. The predicted octanol–water partition coefficient (Wildman–Crippen LogP) is 2.90. The lowest BCUT2D eigenvalue weighted by atomic mass is 9.75. The van der Waals surface area contributed by atoms with Crippen molar-refractivity contribution >= 4 is 0 Å². The van der Waals surface area contributed by atoms with Crippen LogP contribution >= 0.6 is 0 Å². The topological polar surface area (TPSA) is 60.0 Å². The lowest BCUT2D eigenvalue weighted by Crippen LogP contribution is -2.59. The molecule has 0 aromatic rings. The number of nitrogens with one attached hydrogen (secondary N) is 1. The van der Waals surface area contributed by atoms with Gasteiger partial charge in [0.1, 0.15) is 0 Å². The third-order valence-corrected chi connectivity index (χ3v) is 3.81. The molecule has 0 radical (unpaired) electrons.